The van der Waals surface area contributed by atoms with Crippen molar-refractivity contribution in [3.63, 3.8) is 0 Å². The van der Waals surface area contributed by atoms with E-state index in [1.54, 1.807) is 18.5 Å². The number of morpholine rings is 1. The fourth-order valence-electron chi connectivity index (χ4n) is 2.11. The van der Waals surface area contributed by atoms with Crippen LogP contribution in [-0.2, 0) is 4.74 Å². The van der Waals surface area contributed by atoms with Gasteiger partial charge in [-0.25, -0.2) is 0 Å². The van der Waals surface area contributed by atoms with E-state index in [2.05, 4.69) is 16.0 Å². The van der Waals surface area contributed by atoms with Crippen molar-refractivity contribution in [1.82, 2.24) is 4.98 Å². The number of nitriles is 1. The first-order chi connectivity index (χ1) is 7.70. The van der Waals surface area contributed by atoms with E-state index in [0.717, 1.165) is 18.8 Å². The maximum absolute atomic E-state index is 9.05. The number of anilines is 1. The van der Waals surface area contributed by atoms with E-state index in [1.807, 2.05) is 13.8 Å². The molecule has 0 amide bonds. The Morgan fingerprint density at radius 3 is 2.75 bits per heavy atom. The highest BCUT2D eigenvalue weighted by Crippen LogP contribution is 2.22. The minimum absolute atomic E-state index is 0.190. The van der Waals surface area contributed by atoms with Gasteiger partial charge in [-0.15, -0.1) is 0 Å². The lowest BCUT2D eigenvalue weighted by Crippen LogP contribution is -2.45. The van der Waals surface area contributed by atoms with Crippen LogP contribution in [0.4, 0.5) is 5.69 Å². The van der Waals surface area contributed by atoms with Crippen LogP contribution >= 0.6 is 0 Å². The molecule has 0 aliphatic carbocycles. The maximum atomic E-state index is 9.05. The Morgan fingerprint density at radius 2 is 2.12 bits per heavy atom. The molecule has 2 rings (SSSR count). The van der Waals surface area contributed by atoms with Crippen molar-refractivity contribution < 1.29 is 4.74 Å². The predicted molar refractivity (Wildman–Crippen MR) is 61.2 cm³/mol. The van der Waals surface area contributed by atoms with Gasteiger partial charge in [-0.05, 0) is 19.9 Å². The third kappa shape index (κ3) is 2.15. The summed E-state index contributed by atoms with van der Waals surface area (Å²) >= 11 is 0. The molecule has 1 aromatic heterocycles. The van der Waals surface area contributed by atoms with Crippen LogP contribution in [0.5, 0.6) is 0 Å². The van der Waals surface area contributed by atoms with E-state index < -0.39 is 0 Å². The quantitative estimate of drug-likeness (QED) is 0.716. The third-order valence-corrected chi connectivity index (χ3v) is 2.68. The molecule has 2 heterocycles. The summed E-state index contributed by atoms with van der Waals surface area (Å²) in [5, 5.41) is 9.05. The molecule has 4 heteroatoms. The molecule has 0 aromatic carbocycles. The van der Waals surface area contributed by atoms with Gasteiger partial charge >= 0.3 is 0 Å². The van der Waals surface area contributed by atoms with Crippen LogP contribution in [0.1, 0.15) is 19.4 Å². The van der Waals surface area contributed by atoms with Crippen LogP contribution in [-0.4, -0.2) is 30.3 Å². The minimum atomic E-state index is 0.190. The van der Waals surface area contributed by atoms with Crippen molar-refractivity contribution >= 4 is 5.69 Å². The van der Waals surface area contributed by atoms with E-state index in [0.29, 0.717) is 5.56 Å². The predicted octanol–water partition coefficient (Wildman–Crippen LogP) is 1.57. The number of hydrogen-bond donors (Lipinski definition) is 0. The Bertz CT molecular complexity index is 403. The van der Waals surface area contributed by atoms with E-state index in [-0.39, 0.29) is 12.2 Å². The van der Waals surface area contributed by atoms with Crippen molar-refractivity contribution in [1.29, 1.82) is 5.26 Å². The minimum Gasteiger partial charge on any atom is -0.372 e. The van der Waals surface area contributed by atoms with E-state index in [4.69, 9.17) is 10.00 Å². The van der Waals surface area contributed by atoms with Gasteiger partial charge in [0, 0.05) is 19.3 Å². The molecule has 1 aliphatic rings. The summed E-state index contributed by atoms with van der Waals surface area (Å²) in [4.78, 5) is 6.26. The van der Waals surface area contributed by atoms with Gasteiger partial charge in [0.2, 0.25) is 0 Å². The summed E-state index contributed by atoms with van der Waals surface area (Å²) in [6.07, 6.45) is 3.78. The zero-order valence-corrected chi connectivity index (χ0v) is 9.55. The van der Waals surface area contributed by atoms with Gasteiger partial charge < -0.3 is 9.64 Å². The number of rotatable bonds is 1. The molecule has 1 aliphatic heterocycles. The lowest BCUT2D eigenvalue weighted by molar-refractivity contribution is -0.00524. The van der Waals surface area contributed by atoms with Crippen LogP contribution in [0.25, 0.3) is 0 Å². The molecule has 0 radical (unpaired) electrons. The van der Waals surface area contributed by atoms with Crippen LogP contribution in [0, 0.1) is 11.3 Å². The highest BCUT2D eigenvalue weighted by Gasteiger charge is 2.23. The van der Waals surface area contributed by atoms with Crippen LogP contribution in [0.15, 0.2) is 18.5 Å². The first-order valence-electron chi connectivity index (χ1n) is 5.45. The average molecular weight is 217 g/mol. The van der Waals surface area contributed by atoms with Gasteiger partial charge in [0.25, 0.3) is 0 Å². The third-order valence-electron chi connectivity index (χ3n) is 2.68. The SMILES string of the molecule is CC1CN(c2cnccc2C#N)CC(C)O1. The molecule has 1 saturated heterocycles. The fraction of sp³-hybridized carbons (Fsp3) is 0.500. The molecule has 16 heavy (non-hydrogen) atoms. The van der Waals surface area contributed by atoms with Gasteiger partial charge in [-0.2, -0.15) is 5.26 Å². The second kappa shape index (κ2) is 4.50. The molecular formula is C12H15N3O. The molecule has 2 unspecified atom stereocenters. The topological polar surface area (TPSA) is 49.2 Å². The van der Waals surface area contributed by atoms with Crippen molar-refractivity contribution in [2.24, 2.45) is 0 Å². The molecular weight excluding hydrogens is 202 g/mol. The summed E-state index contributed by atoms with van der Waals surface area (Å²) in [6, 6.07) is 3.95. The standard InChI is InChI=1S/C12H15N3O/c1-9-7-15(8-10(2)16-9)12-6-14-4-3-11(12)5-13/h3-4,6,9-10H,7-8H2,1-2H3. The maximum Gasteiger partial charge on any atom is 0.101 e. The second-order valence-corrected chi connectivity index (χ2v) is 4.17. The Labute approximate surface area is 95.5 Å². The summed E-state index contributed by atoms with van der Waals surface area (Å²) in [5.41, 5.74) is 1.59. The summed E-state index contributed by atoms with van der Waals surface area (Å²) in [5.74, 6) is 0. The van der Waals surface area contributed by atoms with Crippen LogP contribution < -0.4 is 4.90 Å². The Hall–Kier alpha value is -1.60. The van der Waals surface area contributed by atoms with Crippen LogP contribution in [0.2, 0.25) is 0 Å². The average Bonchev–Trinajstić information content (AvgIpc) is 2.27. The fourth-order valence-corrected chi connectivity index (χ4v) is 2.11. The van der Waals surface area contributed by atoms with Crippen molar-refractivity contribution in [2.75, 3.05) is 18.0 Å². The monoisotopic (exact) mass is 217 g/mol. The first kappa shape index (κ1) is 10.9. The van der Waals surface area contributed by atoms with Gasteiger partial charge in [0.15, 0.2) is 0 Å². The first-order valence-corrected chi connectivity index (χ1v) is 5.45. The smallest absolute Gasteiger partial charge is 0.101 e. The zero-order chi connectivity index (χ0) is 11.5. The molecule has 0 N–H and O–H groups in total. The Kier molecular flexibility index (Phi) is 3.07. The summed E-state index contributed by atoms with van der Waals surface area (Å²) in [6.45, 7) is 5.71. The molecule has 0 spiro atoms. The number of hydrogen-bond acceptors (Lipinski definition) is 4. The number of ether oxygens (including phenoxy) is 1. The van der Waals surface area contributed by atoms with E-state index in [1.165, 1.54) is 0 Å². The van der Waals surface area contributed by atoms with E-state index >= 15 is 0 Å². The van der Waals surface area contributed by atoms with Crippen molar-refractivity contribution in [2.45, 2.75) is 26.1 Å². The van der Waals surface area contributed by atoms with Gasteiger partial charge in [0.1, 0.15) is 6.07 Å². The zero-order valence-electron chi connectivity index (χ0n) is 9.55. The molecule has 1 aromatic rings. The molecule has 0 saturated carbocycles. The Balaban J connectivity index is 2.26. The molecule has 1 fully saturated rings. The molecule has 4 nitrogen and oxygen atoms in total. The number of nitrogens with zero attached hydrogens (tertiary/aromatic N) is 3. The molecule has 0 bridgehead atoms. The summed E-state index contributed by atoms with van der Waals surface area (Å²) in [7, 11) is 0. The number of aromatic nitrogens is 1. The lowest BCUT2D eigenvalue weighted by Gasteiger charge is -2.36. The summed E-state index contributed by atoms with van der Waals surface area (Å²) < 4.78 is 5.67. The lowest BCUT2D eigenvalue weighted by atomic mass is 10.1. The normalized spacial score (nSPS) is 25.2. The van der Waals surface area contributed by atoms with E-state index in [9.17, 15) is 0 Å². The van der Waals surface area contributed by atoms with Crippen molar-refractivity contribution in [3.05, 3.63) is 24.0 Å². The number of pyridine rings is 1. The molecule has 84 valence electrons. The van der Waals surface area contributed by atoms with Crippen molar-refractivity contribution in [3.8, 4) is 6.07 Å². The van der Waals surface area contributed by atoms with Gasteiger partial charge in [-0.3, -0.25) is 4.98 Å². The largest absolute Gasteiger partial charge is 0.372 e. The van der Waals surface area contributed by atoms with Gasteiger partial charge in [-0.1, -0.05) is 0 Å². The van der Waals surface area contributed by atoms with Gasteiger partial charge in [0.05, 0.1) is 29.7 Å². The Morgan fingerprint density at radius 1 is 1.44 bits per heavy atom. The second-order valence-electron chi connectivity index (χ2n) is 4.17. The van der Waals surface area contributed by atoms with Crippen LogP contribution in [0.3, 0.4) is 0 Å². The highest BCUT2D eigenvalue weighted by atomic mass is 16.5. The molecule has 2 atom stereocenters. The highest BCUT2D eigenvalue weighted by molar-refractivity contribution is 5.57.